The van der Waals surface area contributed by atoms with E-state index in [1.165, 1.54) is 0 Å². The molecule has 0 spiro atoms. The molecular weight excluding hydrogens is 214 g/mol. The summed E-state index contributed by atoms with van der Waals surface area (Å²) in [6.07, 6.45) is 8.04. The van der Waals surface area contributed by atoms with Crippen molar-refractivity contribution < 1.29 is 4.74 Å². The SMILES string of the molecule is C#CCCCCNc1nc(C)cc(OCC)n1. The number of nitrogens with one attached hydrogen (secondary N) is 1. The lowest BCUT2D eigenvalue weighted by Crippen LogP contribution is -2.07. The molecule has 0 aromatic carbocycles. The van der Waals surface area contributed by atoms with Gasteiger partial charge in [0.2, 0.25) is 11.8 Å². The number of hydrogen-bond donors (Lipinski definition) is 1. The van der Waals surface area contributed by atoms with Gasteiger partial charge in [-0.25, -0.2) is 4.98 Å². The van der Waals surface area contributed by atoms with Crippen LogP contribution in [-0.2, 0) is 0 Å². The first-order valence-electron chi connectivity index (χ1n) is 5.92. The Bertz CT molecular complexity index is 385. The highest BCUT2D eigenvalue weighted by Gasteiger charge is 2.01. The highest BCUT2D eigenvalue weighted by atomic mass is 16.5. The van der Waals surface area contributed by atoms with Gasteiger partial charge in [0.1, 0.15) is 0 Å². The van der Waals surface area contributed by atoms with Crippen molar-refractivity contribution in [3.05, 3.63) is 11.8 Å². The van der Waals surface area contributed by atoms with Gasteiger partial charge in [-0.05, 0) is 26.7 Å². The molecule has 0 aliphatic carbocycles. The third kappa shape index (κ3) is 5.21. The Morgan fingerprint density at radius 1 is 1.41 bits per heavy atom. The number of ether oxygens (including phenoxy) is 1. The second-order valence-electron chi connectivity index (χ2n) is 3.69. The van der Waals surface area contributed by atoms with Gasteiger partial charge in [-0.1, -0.05) is 0 Å². The Morgan fingerprint density at radius 3 is 2.94 bits per heavy atom. The highest BCUT2D eigenvalue weighted by Crippen LogP contribution is 2.11. The van der Waals surface area contributed by atoms with Crippen LogP contribution in [0.4, 0.5) is 5.95 Å². The van der Waals surface area contributed by atoms with Crippen molar-refractivity contribution in [1.82, 2.24) is 9.97 Å². The highest BCUT2D eigenvalue weighted by molar-refractivity contribution is 5.30. The molecule has 0 saturated heterocycles. The van der Waals surface area contributed by atoms with Crippen LogP contribution in [0, 0.1) is 19.3 Å². The quantitative estimate of drug-likeness (QED) is 0.580. The summed E-state index contributed by atoms with van der Waals surface area (Å²) in [4.78, 5) is 8.55. The third-order valence-corrected chi connectivity index (χ3v) is 2.15. The Kier molecular flexibility index (Phi) is 5.87. The lowest BCUT2D eigenvalue weighted by atomic mass is 10.2. The minimum Gasteiger partial charge on any atom is -0.478 e. The van der Waals surface area contributed by atoms with E-state index in [4.69, 9.17) is 11.2 Å². The third-order valence-electron chi connectivity index (χ3n) is 2.15. The van der Waals surface area contributed by atoms with E-state index in [9.17, 15) is 0 Å². The maximum Gasteiger partial charge on any atom is 0.226 e. The first kappa shape index (κ1) is 13.3. The van der Waals surface area contributed by atoms with E-state index in [0.29, 0.717) is 18.4 Å². The number of terminal acetylenes is 1. The first-order chi connectivity index (χ1) is 8.26. The van der Waals surface area contributed by atoms with Crippen LogP contribution in [0.5, 0.6) is 5.88 Å². The Morgan fingerprint density at radius 2 is 2.24 bits per heavy atom. The largest absolute Gasteiger partial charge is 0.478 e. The summed E-state index contributed by atoms with van der Waals surface area (Å²) in [6, 6.07) is 1.83. The fraction of sp³-hybridized carbons (Fsp3) is 0.538. The fourth-order valence-corrected chi connectivity index (χ4v) is 1.39. The molecule has 0 atom stereocenters. The molecule has 0 radical (unpaired) electrons. The molecule has 92 valence electrons. The molecule has 0 amide bonds. The van der Waals surface area contributed by atoms with Crippen LogP contribution in [0.1, 0.15) is 31.9 Å². The van der Waals surface area contributed by atoms with Crippen LogP contribution < -0.4 is 10.1 Å². The zero-order chi connectivity index (χ0) is 12.5. The van der Waals surface area contributed by atoms with Crippen molar-refractivity contribution in [3.8, 4) is 18.2 Å². The van der Waals surface area contributed by atoms with Crippen LogP contribution in [0.25, 0.3) is 0 Å². The second kappa shape index (κ2) is 7.50. The van der Waals surface area contributed by atoms with E-state index in [1.807, 2.05) is 19.9 Å². The molecule has 4 nitrogen and oxygen atoms in total. The van der Waals surface area contributed by atoms with E-state index in [-0.39, 0.29) is 0 Å². The normalized spacial score (nSPS) is 9.71. The smallest absolute Gasteiger partial charge is 0.226 e. The number of rotatable bonds is 7. The molecule has 0 fully saturated rings. The van der Waals surface area contributed by atoms with Gasteiger partial charge in [-0.3, -0.25) is 0 Å². The van der Waals surface area contributed by atoms with Crippen molar-refractivity contribution >= 4 is 5.95 Å². The van der Waals surface area contributed by atoms with E-state index < -0.39 is 0 Å². The average molecular weight is 233 g/mol. The van der Waals surface area contributed by atoms with Gasteiger partial charge in [0.25, 0.3) is 0 Å². The zero-order valence-electron chi connectivity index (χ0n) is 10.5. The summed E-state index contributed by atoms with van der Waals surface area (Å²) in [5.41, 5.74) is 0.898. The molecule has 0 saturated carbocycles. The average Bonchev–Trinajstić information content (AvgIpc) is 2.28. The van der Waals surface area contributed by atoms with Crippen LogP contribution in [0.2, 0.25) is 0 Å². The topological polar surface area (TPSA) is 47.0 Å². The van der Waals surface area contributed by atoms with Crippen molar-refractivity contribution in [2.75, 3.05) is 18.5 Å². The number of unbranched alkanes of at least 4 members (excludes halogenated alkanes) is 2. The minimum atomic E-state index is 0.609. The predicted molar refractivity (Wildman–Crippen MR) is 69.1 cm³/mol. The molecule has 0 aliphatic heterocycles. The molecule has 1 heterocycles. The van der Waals surface area contributed by atoms with Gasteiger partial charge in [-0.15, -0.1) is 12.3 Å². The molecule has 1 N–H and O–H groups in total. The maximum atomic E-state index is 5.35. The van der Waals surface area contributed by atoms with E-state index in [1.54, 1.807) is 0 Å². The summed E-state index contributed by atoms with van der Waals surface area (Å²) in [7, 11) is 0. The number of aromatic nitrogens is 2. The first-order valence-corrected chi connectivity index (χ1v) is 5.92. The van der Waals surface area contributed by atoms with Gasteiger partial charge < -0.3 is 10.1 Å². The molecule has 1 aromatic heterocycles. The van der Waals surface area contributed by atoms with Crippen molar-refractivity contribution in [1.29, 1.82) is 0 Å². The lowest BCUT2D eigenvalue weighted by molar-refractivity contribution is 0.326. The van der Waals surface area contributed by atoms with Gasteiger partial charge in [-0.2, -0.15) is 4.98 Å². The number of aryl methyl sites for hydroxylation is 1. The van der Waals surface area contributed by atoms with Crippen LogP contribution in [0.3, 0.4) is 0 Å². The summed E-state index contributed by atoms with van der Waals surface area (Å²) in [6.45, 7) is 5.30. The number of nitrogens with zero attached hydrogens (tertiary/aromatic N) is 2. The lowest BCUT2D eigenvalue weighted by Gasteiger charge is -2.07. The second-order valence-corrected chi connectivity index (χ2v) is 3.69. The molecule has 0 bridgehead atoms. The van der Waals surface area contributed by atoms with Crippen molar-refractivity contribution in [3.63, 3.8) is 0 Å². The molecule has 17 heavy (non-hydrogen) atoms. The number of anilines is 1. The van der Waals surface area contributed by atoms with Gasteiger partial charge in [0.05, 0.1) is 6.61 Å². The fourth-order valence-electron chi connectivity index (χ4n) is 1.39. The summed E-state index contributed by atoms with van der Waals surface area (Å²) < 4.78 is 5.35. The number of hydrogen-bond acceptors (Lipinski definition) is 4. The molecule has 4 heteroatoms. The molecular formula is C13H19N3O. The zero-order valence-corrected chi connectivity index (χ0v) is 10.5. The van der Waals surface area contributed by atoms with E-state index >= 15 is 0 Å². The van der Waals surface area contributed by atoms with Crippen molar-refractivity contribution in [2.24, 2.45) is 0 Å². The molecule has 0 unspecified atom stereocenters. The Labute approximate surface area is 103 Å². The van der Waals surface area contributed by atoms with E-state index in [0.717, 1.165) is 31.5 Å². The Hall–Kier alpha value is -1.76. The maximum absolute atomic E-state index is 5.35. The van der Waals surface area contributed by atoms with Crippen LogP contribution in [-0.4, -0.2) is 23.1 Å². The minimum absolute atomic E-state index is 0.609. The Balaban J connectivity index is 2.44. The summed E-state index contributed by atoms with van der Waals surface area (Å²) in [5, 5.41) is 3.17. The summed E-state index contributed by atoms with van der Waals surface area (Å²) in [5.74, 6) is 3.86. The van der Waals surface area contributed by atoms with Crippen molar-refractivity contribution in [2.45, 2.75) is 33.1 Å². The van der Waals surface area contributed by atoms with E-state index in [2.05, 4.69) is 21.2 Å². The monoisotopic (exact) mass is 233 g/mol. The molecule has 1 aromatic rings. The molecule has 0 aliphatic rings. The standard InChI is InChI=1S/C13H19N3O/c1-4-6-7-8-9-14-13-15-11(3)10-12(16-13)17-5-2/h1,10H,5-9H2,2-3H3,(H,14,15,16). The summed E-state index contributed by atoms with van der Waals surface area (Å²) >= 11 is 0. The van der Waals surface area contributed by atoms with Gasteiger partial charge in [0.15, 0.2) is 0 Å². The molecule has 1 rings (SSSR count). The van der Waals surface area contributed by atoms with Gasteiger partial charge >= 0.3 is 0 Å². The van der Waals surface area contributed by atoms with Crippen LogP contribution in [0.15, 0.2) is 6.07 Å². The van der Waals surface area contributed by atoms with Crippen LogP contribution >= 0.6 is 0 Å². The van der Waals surface area contributed by atoms with Gasteiger partial charge in [0, 0.05) is 24.7 Å². The predicted octanol–water partition coefficient (Wildman–Crippen LogP) is 2.40.